The van der Waals surface area contributed by atoms with Gasteiger partial charge in [-0.25, -0.2) is 0 Å². The minimum Gasteiger partial charge on any atom is -0.438 e. The summed E-state index contributed by atoms with van der Waals surface area (Å²) in [6.07, 6.45) is -1.69. The van der Waals surface area contributed by atoms with Gasteiger partial charge < -0.3 is 14.9 Å². The second-order valence-corrected chi connectivity index (χ2v) is 2.90. The van der Waals surface area contributed by atoms with Crippen LogP contribution in [0.4, 0.5) is 0 Å². The SMILES string of the molecule is CC(O)C(=S)OC(=S)C(C)O. The monoisotopic (exact) mass is 194 g/mol. The highest BCUT2D eigenvalue weighted by Crippen LogP contribution is 1.96. The summed E-state index contributed by atoms with van der Waals surface area (Å²) >= 11 is 9.21. The van der Waals surface area contributed by atoms with Crippen molar-refractivity contribution in [3.05, 3.63) is 0 Å². The third-order valence-electron chi connectivity index (χ3n) is 0.883. The van der Waals surface area contributed by atoms with Crippen LogP contribution in [-0.4, -0.2) is 32.5 Å². The molecular formula is C6H10O3S2. The van der Waals surface area contributed by atoms with Crippen LogP contribution < -0.4 is 0 Å². The first-order valence-corrected chi connectivity index (χ1v) is 3.88. The maximum absolute atomic E-state index is 8.84. The van der Waals surface area contributed by atoms with Crippen molar-refractivity contribution >= 4 is 34.5 Å². The fourth-order valence-corrected chi connectivity index (χ4v) is 0.502. The van der Waals surface area contributed by atoms with Gasteiger partial charge in [0.1, 0.15) is 12.2 Å². The van der Waals surface area contributed by atoms with Crippen molar-refractivity contribution < 1.29 is 14.9 Å². The zero-order valence-corrected chi connectivity index (χ0v) is 7.91. The van der Waals surface area contributed by atoms with E-state index in [1.54, 1.807) is 0 Å². The van der Waals surface area contributed by atoms with Gasteiger partial charge in [-0.1, -0.05) is 0 Å². The van der Waals surface area contributed by atoms with Crippen molar-refractivity contribution in [3.63, 3.8) is 0 Å². The Morgan fingerprint density at radius 2 is 1.36 bits per heavy atom. The highest BCUT2D eigenvalue weighted by molar-refractivity contribution is 7.81. The first-order chi connectivity index (χ1) is 4.95. The second-order valence-electron chi connectivity index (χ2n) is 2.09. The number of rotatable bonds is 2. The predicted molar refractivity (Wildman–Crippen MR) is 49.6 cm³/mol. The van der Waals surface area contributed by atoms with Crippen molar-refractivity contribution in [1.29, 1.82) is 0 Å². The molecule has 0 aromatic rings. The zero-order chi connectivity index (χ0) is 9.02. The lowest BCUT2D eigenvalue weighted by molar-refractivity contribution is 0.221. The van der Waals surface area contributed by atoms with Crippen LogP contribution in [0.25, 0.3) is 0 Å². The second kappa shape index (κ2) is 4.71. The minimum absolute atomic E-state index is 0.0177. The largest absolute Gasteiger partial charge is 0.438 e. The minimum atomic E-state index is -0.846. The number of aliphatic hydroxyl groups excluding tert-OH is 2. The molecule has 0 rings (SSSR count). The van der Waals surface area contributed by atoms with E-state index in [0.29, 0.717) is 0 Å². The molecule has 2 unspecified atom stereocenters. The van der Waals surface area contributed by atoms with Crippen molar-refractivity contribution in [1.82, 2.24) is 0 Å². The van der Waals surface area contributed by atoms with Gasteiger partial charge in [-0.05, 0) is 38.3 Å². The molecule has 0 aromatic carbocycles. The van der Waals surface area contributed by atoms with Crippen molar-refractivity contribution in [2.24, 2.45) is 0 Å². The van der Waals surface area contributed by atoms with E-state index >= 15 is 0 Å². The quantitative estimate of drug-likeness (QED) is 0.624. The highest BCUT2D eigenvalue weighted by atomic mass is 32.1. The van der Waals surface area contributed by atoms with Gasteiger partial charge in [-0.2, -0.15) is 0 Å². The normalized spacial score (nSPS) is 15.3. The van der Waals surface area contributed by atoms with Crippen molar-refractivity contribution in [2.75, 3.05) is 0 Å². The molecule has 0 aliphatic rings. The molecule has 2 N–H and O–H groups in total. The summed E-state index contributed by atoms with van der Waals surface area (Å²) in [6, 6.07) is 0. The molecule has 0 saturated heterocycles. The smallest absolute Gasteiger partial charge is 0.196 e. The average molecular weight is 194 g/mol. The lowest BCUT2D eigenvalue weighted by Gasteiger charge is -2.10. The third-order valence-corrected chi connectivity index (χ3v) is 1.73. The standard InChI is InChI=1S/C6H10O3S2/c1-3(7)5(10)9-6(11)4(2)8/h3-4,7-8H,1-2H3. The molecule has 0 aromatic heterocycles. The maximum atomic E-state index is 8.84. The van der Waals surface area contributed by atoms with Crippen LogP contribution in [0.15, 0.2) is 0 Å². The summed E-state index contributed by atoms with van der Waals surface area (Å²) < 4.78 is 4.74. The van der Waals surface area contributed by atoms with Crippen LogP contribution in [0.1, 0.15) is 13.8 Å². The van der Waals surface area contributed by atoms with Gasteiger partial charge in [0.05, 0.1) is 0 Å². The number of hydrogen-bond donors (Lipinski definition) is 2. The summed E-state index contributed by atoms with van der Waals surface area (Å²) in [6.45, 7) is 2.93. The van der Waals surface area contributed by atoms with Gasteiger partial charge in [0.2, 0.25) is 0 Å². The summed E-state index contributed by atoms with van der Waals surface area (Å²) in [7, 11) is 0. The Hall–Kier alpha value is -0.100. The van der Waals surface area contributed by atoms with E-state index in [9.17, 15) is 0 Å². The molecule has 0 amide bonds. The Kier molecular flexibility index (Phi) is 4.67. The third kappa shape index (κ3) is 4.36. The van der Waals surface area contributed by atoms with Crippen molar-refractivity contribution in [2.45, 2.75) is 26.1 Å². The summed E-state index contributed by atoms with van der Waals surface area (Å²) in [4.78, 5) is 0. The molecule has 0 saturated carbocycles. The van der Waals surface area contributed by atoms with E-state index < -0.39 is 12.2 Å². The fourth-order valence-electron chi connectivity index (χ4n) is 0.270. The van der Waals surface area contributed by atoms with Gasteiger partial charge in [0.25, 0.3) is 0 Å². The summed E-state index contributed by atoms with van der Waals surface area (Å²) in [5, 5.41) is 17.7. The number of aliphatic hydroxyl groups is 2. The summed E-state index contributed by atoms with van der Waals surface area (Å²) in [5.74, 6) is 0. The van der Waals surface area contributed by atoms with Gasteiger partial charge in [-0.3, -0.25) is 0 Å². The lowest BCUT2D eigenvalue weighted by Crippen LogP contribution is -2.25. The van der Waals surface area contributed by atoms with Crippen molar-refractivity contribution in [3.8, 4) is 0 Å². The Labute approximate surface area is 76.0 Å². The molecule has 0 spiro atoms. The van der Waals surface area contributed by atoms with E-state index in [-0.39, 0.29) is 10.1 Å². The molecule has 0 bridgehead atoms. The van der Waals surface area contributed by atoms with E-state index in [4.69, 9.17) is 14.9 Å². The van der Waals surface area contributed by atoms with E-state index in [2.05, 4.69) is 24.4 Å². The van der Waals surface area contributed by atoms with E-state index in [1.165, 1.54) is 13.8 Å². The van der Waals surface area contributed by atoms with Crippen LogP contribution >= 0.6 is 24.4 Å². The summed E-state index contributed by atoms with van der Waals surface area (Å²) in [5.41, 5.74) is 0. The predicted octanol–water partition coefficient (Wildman–Crippen LogP) is 0.419. The molecule has 3 nitrogen and oxygen atoms in total. The van der Waals surface area contributed by atoms with Crippen LogP contribution in [-0.2, 0) is 4.74 Å². The van der Waals surface area contributed by atoms with Crippen LogP contribution in [0, 0.1) is 0 Å². The van der Waals surface area contributed by atoms with E-state index in [1.807, 2.05) is 0 Å². The molecule has 0 fully saturated rings. The lowest BCUT2D eigenvalue weighted by atomic mass is 10.4. The molecular weight excluding hydrogens is 184 g/mol. The Morgan fingerprint density at radius 1 is 1.09 bits per heavy atom. The number of ether oxygens (including phenoxy) is 1. The first-order valence-electron chi connectivity index (χ1n) is 3.06. The Morgan fingerprint density at radius 3 is 1.55 bits per heavy atom. The Bertz CT molecular complexity index is 147. The van der Waals surface area contributed by atoms with Gasteiger partial charge in [0.15, 0.2) is 10.1 Å². The number of thiocarbonyl (C=S) groups is 2. The van der Waals surface area contributed by atoms with Crippen LogP contribution in [0.2, 0.25) is 0 Å². The highest BCUT2D eigenvalue weighted by Gasteiger charge is 2.11. The van der Waals surface area contributed by atoms with Crippen LogP contribution in [0.3, 0.4) is 0 Å². The molecule has 0 aliphatic carbocycles. The van der Waals surface area contributed by atoms with Gasteiger partial charge in [0, 0.05) is 0 Å². The average Bonchev–Trinajstić information content (AvgIpc) is 1.87. The molecule has 64 valence electrons. The molecule has 0 aliphatic heterocycles. The fraction of sp³-hybridized carbons (Fsp3) is 0.667. The molecule has 0 heterocycles. The Balaban J connectivity index is 3.86. The molecule has 2 atom stereocenters. The van der Waals surface area contributed by atoms with Gasteiger partial charge >= 0.3 is 0 Å². The number of hydrogen-bond acceptors (Lipinski definition) is 5. The molecule has 5 heteroatoms. The molecule has 0 radical (unpaired) electrons. The van der Waals surface area contributed by atoms with Gasteiger partial charge in [-0.15, -0.1) is 0 Å². The zero-order valence-electron chi connectivity index (χ0n) is 6.27. The molecule has 11 heavy (non-hydrogen) atoms. The van der Waals surface area contributed by atoms with E-state index in [0.717, 1.165) is 0 Å². The first kappa shape index (κ1) is 10.9. The maximum Gasteiger partial charge on any atom is 0.196 e. The topological polar surface area (TPSA) is 49.7 Å². The van der Waals surface area contributed by atoms with Crippen LogP contribution in [0.5, 0.6) is 0 Å².